The molecule has 4 rings (SSSR count). The summed E-state index contributed by atoms with van der Waals surface area (Å²) < 4.78 is 34.8. The number of halogens is 2. The minimum absolute atomic E-state index is 0.0614. The lowest BCUT2D eigenvalue weighted by Crippen LogP contribution is -2.24. The summed E-state index contributed by atoms with van der Waals surface area (Å²) >= 11 is 14.1. The van der Waals surface area contributed by atoms with Crippen molar-refractivity contribution < 1.29 is 38.0 Å². The van der Waals surface area contributed by atoms with E-state index in [9.17, 15) is 9.59 Å². The lowest BCUT2D eigenvalue weighted by atomic mass is 9.79. The van der Waals surface area contributed by atoms with Gasteiger partial charge in [0, 0.05) is 33.4 Å². The SMILES string of the molecule is COC(=O)COc1c(Cl)ccc(Pc2cc(C(C)(C)C)c(OC)c(C(C)(C)C)c2)c1-c1c(Pc2cc(C(C)(C)C)c(OC)c(C(C)(C)C)c2)ccc(Cl)c1OCC(=O)OC. The number of carbonyl (C=O) groups is 2. The van der Waals surface area contributed by atoms with Gasteiger partial charge in [0.25, 0.3) is 0 Å². The van der Waals surface area contributed by atoms with Crippen LogP contribution in [0.2, 0.25) is 10.0 Å². The lowest BCUT2D eigenvalue weighted by Gasteiger charge is -2.30. The number of rotatable bonds is 13. The fourth-order valence-electron chi connectivity index (χ4n) is 6.86. The van der Waals surface area contributed by atoms with Gasteiger partial charge in [-0.25, -0.2) is 9.59 Å². The first-order valence-electron chi connectivity index (χ1n) is 19.8. The average molecular weight is 900 g/mol. The molecule has 0 spiro atoms. The lowest BCUT2D eigenvalue weighted by molar-refractivity contribution is -0.143. The Balaban J connectivity index is 2.18. The monoisotopic (exact) mass is 898 g/mol. The summed E-state index contributed by atoms with van der Waals surface area (Å²) in [4.78, 5) is 25.3. The van der Waals surface area contributed by atoms with Gasteiger partial charge in [-0.1, -0.05) is 136 Å². The molecule has 60 heavy (non-hydrogen) atoms. The van der Waals surface area contributed by atoms with Crippen molar-refractivity contribution in [3.63, 3.8) is 0 Å². The molecule has 0 aliphatic rings. The minimum Gasteiger partial charge on any atom is -0.496 e. The van der Waals surface area contributed by atoms with Gasteiger partial charge < -0.3 is 28.4 Å². The van der Waals surface area contributed by atoms with E-state index in [1.807, 2.05) is 12.1 Å². The second-order valence-corrected chi connectivity index (χ2v) is 22.3. The first kappa shape index (κ1) is 49.1. The second kappa shape index (κ2) is 19.2. The van der Waals surface area contributed by atoms with E-state index in [1.165, 1.54) is 14.2 Å². The molecule has 0 aromatic heterocycles. The maximum Gasteiger partial charge on any atom is 0.343 e. The predicted octanol–water partition coefficient (Wildman–Crippen LogP) is 10.2. The van der Waals surface area contributed by atoms with Crippen LogP contribution in [-0.2, 0) is 40.7 Å². The summed E-state index contributed by atoms with van der Waals surface area (Å²) in [5, 5.41) is 4.34. The highest BCUT2D eigenvalue weighted by Crippen LogP contribution is 2.47. The fourth-order valence-corrected chi connectivity index (χ4v) is 9.84. The molecule has 0 saturated carbocycles. The van der Waals surface area contributed by atoms with Crippen LogP contribution in [0.25, 0.3) is 11.1 Å². The van der Waals surface area contributed by atoms with E-state index in [4.69, 9.17) is 51.6 Å². The molecule has 326 valence electrons. The number of esters is 2. The van der Waals surface area contributed by atoms with Gasteiger partial charge >= 0.3 is 11.9 Å². The third kappa shape index (κ3) is 11.5. The fraction of sp³-hybridized carbons (Fsp3) is 0.458. The summed E-state index contributed by atoms with van der Waals surface area (Å²) in [6.45, 7) is 25.3. The number of carbonyl (C=O) groups excluding carboxylic acids is 2. The van der Waals surface area contributed by atoms with Crippen LogP contribution in [0.5, 0.6) is 23.0 Å². The first-order valence-corrected chi connectivity index (χ1v) is 22.6. The van der Waals surface area contributed by atoms with E-state index in [0.29, 0.717) is 11.1 Å². The Morgan fingerprint density at radius 1 is 0.483 bits per heavy atom. The third-order valence-corrected chi connectivity index (χ3v) is 13.1. The molecule has 0 heterocycles. The first-order chi connectivity index (χ1) is 27.8. The molecule has 0 saturated heterocycles. The number of ether oxygens (including phenoxy) is 6. The minimum atomic E-state index is -0.581. The van der Waals surface area contributed by atoms with Crippen LogP contribution in [0.1, 0.15) is 105 Å². The summed E-state index contributed by atoms with van der Waals surface area (Å²) in [5.74, 6) is 1.07. The Morgan fingerprint density at radius 3 is 1.00 bits per heavy atom. The van der Waals surface area contributed by atoms with Gasteiger partial charge in [-0.15, -0.1) is 0 Å². The van der Waals surface area contributed by atoms with Crippen LogP contribution in [0, 0.1) is 0 Å². The van der Waals surface area contributed by atoms with Crippen LogP contribution in [0.15, 0.2) is 48.5 Å². The summed E-state index contributed by atoms with van der Waals surface area (Å²) in [7, 11) is 6.17. The largest absolute Gasteiger partial charge is 0.496 e. The maximum absolute atomic E-state index is 12.7. The Kier molecular flexibility index (Phi) is 15.8. The van der Waals surface area contributed by atoms with Gasteiger partial charge in [0.2, 0.25) is 0 Å². The van der Waals surface area contributed by atoms with E-state index < -0.39 is 25.2 Å². The van der Waals surface area contributed by atoms with Crippen molar-refractivity contribution in [3.8, 4) is 34.1 Å². The highest BCUT2D eigenvalue weighted by Gasteiger charge is 2.32. The molecular formula is C48H62Cl2O8P2. The van der Waals surface area contributed by atoms with E-state index in [2.05, 4.69) is 107 Å². The predicted molar refractivity (Wildman–Crippen MR) is 253 cm³/mol. The van der Waals surface area contributed by atoms with Crippen molar-refractivity contribution in [2.45, 2.75) is 105 Å². The van der Waals surface area contributed by atoms with Crippen molar-refractivity contribution >= 4 is 73.5 Å². The number of hydrogen-bond donors (Lipinski definition) is 0. The second-order valence-electron chi connectivity index (χ2n) is 18.8. The number of hydrogen-bond acceptors (Lipinski definition) is 8. The average Bonchev–Trinajstić information content (AvgIpc) is 3.15. The molecule has 12 heteroatoms. The zero-order valence-corrected chi connectivity index (χ0v) is 41.6. The molecule has 0 aliphatic carbocycles. The third-order valence-electron chi connectivity index (χ3n) is 9.97. The Morgan fingerprint density at radius 2 is 0.767 bits per heavy atom. The molecule has 0 radical (unpaired) electrons. The van der Waals surface area contributed by atoms with Crippen molar-refractivity contribution in [3.05, 3.63) is 80.8 Å². The topological polar surface area (TPSA) is 89.5 Å². The zero-order valence-electron chi connectivity index (χ0n) is 38.1. The smallest absolute Gasteiger partial charge is 0.343 e. The van der Waals surface area contributed by atoms with E-state index in [0.717, 1.165) is 55.0 Å². The van der Waals surface area contributed by atoms with Crippen molar-refractivity contribution in [2.75, 3.05) is 41.7 Å². The summed E-state index contributed by atoms with van der Waals surface area (Å²) in [5.41, 5.74) is 4.52. The number of benzene rings is 4. The molecule has 0 aliphatic heterocycles. The van der Waals surface area contributed by atoms with Crippen LogP contribution in [0.4, 0.5) is 0 Å². The zero-order chi connectivity index (χ0) is 45.1. The van der Waals surface area contributed by atoms with E-state index >= 15 is 0 Å². The molecule has 4 aromatic carbocycles. The Hall–Kier alpha value is -3.54. The molecule has 2 unspecified atom stereocenters. The normalized spacial score (nSPS) is 12.6. The molecule has 0 amide bonds. The molecule has 0 bridgehead atoms. The van der Waals surface area contributed by atoms with E-state index in [1.54, 1.807) is 26.4 Å². The van der Waals surface area contributed by atoms with Gasteiger partial charge in [-0.2, -0.15) is 0 Å². The molecule has 2 atom stereocenters. The van der Waals surface area contributed by atoms with Gasteiger partial charge in [0.05, 0.1) is 38.5 Å². The van der Waals surface area contributed by atoms with Crippen LogP contribution >= 0.6 is 40.4 Å². The molecule has 0 fully saturated rings. The molecule has 4 aromatic rings. The summed E-state index contributed by atoms with van der Waals surface area (Å²) in [6.07, 6.45) is 0. The molecular weight excluding hydrogens is 837 g/mol. The standard InChI is InChI=1S/C48H62Cl2O8P2/c1-45(2,3)29-21-27(22-30(41(29)55-15)46(4,5)6)59-35-19-17-33(49)43(57-25-37(51)53-13)39(35)40-36(20-18-34(50)44(40)58-26-38(52)54-14)60-28-23-31(47(7,8)9)42(56-16)32(24-28)48(10,11)12/h17-24,59-60H,25-26H2,1-16H3. The van der Waals surface area contributed by atoms with Gasteiger partial charge in [0.15, 0.2) is 13.2 Å². The van der Waals surface area contributed by atoms with E-state index in [-0.39, 0.29) is 60.4 Å². The van der Waals surface area contributed by atoms with Crippen molar-refractivity contribution in [2.24, 2.45) is 0 Å². The van der Waals surface area contributed by atoms with Crippen LogP contribution in [-0.4, -0.2) is 53.6 Å². The van der Waals surface area contributed by atoms with Gasteiger partial charge in [0.1, 0.15) is 23.0 Å². The van der Waals surface area contributed by atoms with Crippen molar-refractivity contribution in [1.82, 2.24) is 0 Å². The van der Waals surface area contributed by atoms with Crippen LogP contribution in [0.3, 0.4) is 0 Å². The van der Waals surface area contributed by atoms with Crippen LogP contribution < -0.4 is 40.2 Å². The Labute approximate surface area is 371 Å². The highest BCUT2D eigenvalue weighted by molar-refractivity contribution is 7.56. The maximum atomic E-state index is 12.7. The van der Waals surface area contributed by atoms with Crippen molar-refractivity contribution in [1.29, 1.82) is 0 Å². The quantitative estimate of drug-likeness (QED) is 0.0969. The number of methoxy groups -OCH3 is 4. The molecule has 8 nitrogen and oxygen atoms in total. The summed E-state index contributed by atoms with van der Waals surface area (Å²) in [6, 6.07) is 16.3. The highest BCUT2D eigenvalue weighted by atomic mass is 35.5. The van der Waals surface area contributed by atoms with Gasteiger partial charge in [-0.3, -0.25) is 0 Å². The Bertz CT molecular complexity index is 2000. The molecule has 0 N–H and O–H groups in total. The van der Waals surface area contributed by atoms with Gasteiger partial charge in [-0.05, 0) is 79.3 Å².